The molecule has 0 spiro atoms. The number of fused-ring (bicyclic) bond motifs is 1. The Morgan fingerprint density at radius 3 is 2.47 bits per heavy atom. The minimum Gasteiger partial charge on any atom is -0.467 e. The number of aryl methyl sites for hydroxylation is 2. The lowest BCUT2D eigenvalue weighted by atomic mass is 10.1. The van der Waals surface area contributed by atoms with Crippen LogP contribution in [0.1, 0.15) is 29.7 Å². The average molecular weight is 469 g/mol. The minimum atomic E-state index is -3.43. The number of aromatic nitrogens is 1. The molecule has 0 radical (unpaired) electrons. The van der Waals surface area contributed by atoms with Crippen LogP contribution < -0.4 is 4.90 Å². The van der Waals surface area contributed by atoms with E-state index in [1.165, 1.54) is 11.3 Å². The molecule has 4 aromatic rings. The van der Waals surface area contributed by atoms with Crippen LogP contribution >= 0.6 is 11.3 Å². The van der Waals surface area contributed by atoms with Crippen molar-refractivity contribution in [1.29, 1.82) is 0 Å². The van der Waals surface area contributed by atoms with Crippen LogP contribution in [0.2, 0.25) is 0 Å². The van der Waals surface area contributed by atoms with Crippen LogP contribution in [-0.2, 0) is 21.2 Å². The zero-order valence-electron chi connectivity index (χ0n) is 17.9. The molecule has 2 aromatic carbocycles. The third-order valence-electron chi connectivity index (χ3n) is 5.26. The molecule has 166 valence electrons. The van der Waals surface area contributed by atoms with Gasteiger partial charge in [0, 0.05) is 6.42 Å². The highest BCUT2D eigenvalue weighted by Gasteiger charge is 2.23. The zero-order chi connectivity index (χ0) is 22.7. The van der Waals surface area contributed by atoms with Crippen molar-refractivity contribution in [2.24, 2.45) is 0 Å². The molecule has 4 rings (SSSR count). The van der Waals surface area contributed by atoms with Crippen molar-refractivity contribution < 1.29 is 17.6 Å². The van der Waals surface area contributed by atoms with Crippen molar-refractivity contribution in [2.45, 2.75) is 38.1 Å². The molecule has 0 atom stereocenters. The Bertz CT molecular complexity index is 1290. The molecule has 6 nitrogen and oxygen atoms in total. The first-order chi connectivity index (χ1) is 15.3. The third kappa shape index (κ3) is 4.76. The van der Waals surface area contributed by atoms with Crippen LogP contribution in [0.25, 0.3) is 10.2 Å². The van der Waals surface area contributed by atoms with E-state index in [0.29, 0.717) is 10.9 Å². The number of rotatable bonds is 8. The largest absolute Gasteiger partial charge is 0.467 e. The molecule has 0 unspecified atom stereocenters. The SMILES string of the molecule is Cc1ccc(C)c2sc(N(Cc3ccco3)C(=O)CCCS(=O)(=O)c3ccccc3)nc12. The highest BCUT2D eigenvalue weighted by Crippen LogP contribution is 2.34. The molecule has 2 aromatic heterocycles. The van der Waals surface area contributed by atoms with Gasteiger partial charge in [-0.2, -0.15) is 0 Å². The van der Waals surface area contributed by atoms with E-state index in [1.54, 1.807) is 47.6 Å². The number of carbonyl (C=O) groups is 1. The summed E-state index contributed by atoms with van der Waals surface area (Å²) in [5, 5.41) is 0.588. The van der Waals surface area contributed by atoms with Crippen LogP contribution in [0.3, 0.4) is 0 Å². The normalized spacial score (nSPS) is 11.7. The van der Waals surface area contributed by atoms with Gasteiger partial charge < -0.3 is 4.42 Å². The molecule has 0 fully saturated rings. The maximum atomic E-state index is 13.2. The minimum absolute atomic E-state index is 0.0879. The van der Waals surface area contributed by atoms with Gasteiger partial charge in [0.15, 0.2) is 15.0 Å². The Hall–Kier alpha value is -2.97. The first-order valence-corrected chi connectivity index (χ1v) is 12.8. The van der Waals surface area contributed by atoms with E-state index in [4.69, 9.17) is 9.40 Å². The number of furan rings is 1. The molecule has 0 aliphatic heterocycles. The van der Waals surface area contributed by atoms with E-state index < -0.39 is 9.84 Å². The predicted molar refractivity (Wildman–Crippen MR) is 127 cm³/mol. The number of benzene rings is 2. The lowest BCUT2D eigenvalue weighted by molar-refractivity contribution is -0.118. The Balaban J connectivity index is 1.55. The molecule has 8 heteroatoms. The predicted octanol–water partition coefficient (Wildman–Crippen LogP) is 5.29. The Morgan fingerprint density at radius 2 is 1.78 bits per heavy atom. The number of sulfone groups is 1. The van der Waals surface area contributed by atoms with E-state index in [0.717, 1.165) is 21.3 Å². The van der Waals surface area contributed by atoms with Crippen molar-refractivity contribution in [3.8, 4) is 0 Å². The first kappa shape index (κ1) is 22.2. The fraction of sp³-hybridized carbons (Fsp3) is 0.250. The summed E-state index contributed by atoms with van der Waals surface area (Å²) in [6.07, 6.45) is 1.89. The molecule has 2 heterocycles. The van der Waals surface area contributed by atoms with Crippen LogP contribution in [0.5, 0.6) is 0 Å². The van der Waals surface area contributed by atoms with E-state index in [1.807, 2.05) is 32.0 Å². The van der Waals surface area contributed by atoms with Gasteiger partial charge in [-0.05, 0) is 55.7 Å². The van der Waals surface area contributed by atoms with Gasteiger partial charge in [0.05, 0.1) is 33.7 Å². The van der Waals surface area contributed by atoms with Crippen molar-refractivity contribution in [2.75, 3.05) is 10.7 Å². The zero-order valence-corrected chi connectivity index (χ0v) is 19.6. The molecule has 0 saturated heterocycles. The van der Waals surface area contributed by atoms with Gasteiger partial charge in [0.2, 0.25) is 5.91 Å². The Labute approximate surface area is 191 Å². The lowest BCUT2D eigenvalue weighted by Gasteiger charge is -2.18. The second kappa shape index (κ2) is 9.26. The van der Waals surface area contributed by atoms with Gasteiger partial charge >= 0.3 is 0 Å². The smallest absolute Gasteiger partial charge is 0.229 e. The molecule has 1 amide bonds. The standard InChI is InChI=1S/C24H24N2O4S2/c1-17-12-13-18(2)23-22(17)25-24(31-23)26(16-19-8-6-14-30-19)21(27)11-7-15-32(28,29)20-9-4-3-5-10-20/h3-6,8-10,12-14H,7,11,15-16H2,1-2H3. The van der Waals surface area contributed by atoms with Crippen molar-refractivity contribution in [3.05, 3.63) is 77.7 Å². The molecule has 32 heavy (non-hydrogen) atoms. The monoisotopic (exact) mass is 468 g/mol. The van der Waals surface area contributed by atoms with Gasteiger partial charge in [0.25, 0.3) is 0 Å². The summed E-state index contributed by atoms with van der Waals surface area (Å²) < 4.78 is 31.6. The van der Waals surface area contributed by atoms with Crippen molar-refractivity contribution in [1.82, 2.24) is 4.98 Å². The van der Waals surface area contributed by atoms with Gasteiger partial charge in [-0.3, -0.25) is 9.69 Å². The number of nitrogens with zero attached hydrogens (tertiary/aromatic N) is 2. The fourth-order valence-electron chi connectivity index (χ4n) is 3.48. The third-order valence-corrected chi connectivity index (χ3v) is 8.29. The lowest BCUT2D eigenvalue weighted by Crippen LogP contribution is -2.30. The van der Waals surface area contributed by atoms with Crippen molar-refractivity contribution in [3.63, 3.8) is 0 Å². The fourth-order valence-corrected chi connectivity index (χ4v) is 5.94. The maximum Gasteiger partial charge on any atom is 0.229 e. The number of hydrogen-bond donors (Lipinski definition) is 0. The number of anilines is 1. The molecule has 0 saturated carbocycles. The number of hydrogen-bond acceptors (Lipinski definition) is 6. The summed E-state index contributed by atoms with van der Waals surface area (Å²) in [7, 11) is -3.43. The Morgan fingerprint density at radius 1 is 1.03 bits per heavy atom. The average Bonchev–Trinajstić information content (AvgIpc) is 3.45. The van der Waals surface area contributed by atoms with E-state index in [-0.39, 0.29) is 35.9 Å². The Kier molecular flexibility index (Phi) is 6.43. The highest BCUT2D eigenvalue weighted by molar-refractivity contribution is 7.91. The van der Waals surface area contributed by atoms with E-state index in [2.05, 4.69) is 0 Å². The van der Waals surface area contributed by atoms with Crippen molar-refractivity contribution >= 4 is 42.4 Å². The summed E-state index contributed by atoms with van der Waals surface area (Å²) in [4.78, 5) is 19.8. The molecule has 0 aliphatic carbocycles. The van der Waals surface area contributed by atoms with Crippen LogP contribution in [0, 0.1) is 13.8 Å². The van der Waals surface area contributed by atoms with Gasteiger partial charge in [-0.1, -0.05) is 41.7 Å². The maximum absolute atomic E-state index is 13.2. The van der Waals surface area contributed by atoms with E-state index >= 15 is 0 Å². The highest BCUT2D eigenvalue weighted by atomic mass is 32.2. The molecule has 0 N–H and O–H groups in total. The van der Waals surface area contributed by atoms with Crippen LogP contribution in [-0.4, -0.2) is 25.1 Å². The molecule has 0 bridgehead atoms. The van der Waals surface area contributed by atoms with Crippen LogP contribution in [0.15, 0.2) is 70.2 Å². The van der Waals surface area contributed by atoms with Gasteiger partial charge in [0.1, 0.15) is 5.76 Å². The topological polar surface area (TPSA) is 80.5 Å². The summed E-state index contributed by atoms with van der Waals surface area (Å²) in [5.74, 6) is 0.372. The summed E-state index contributed by atoms with van der Waals surface area (Å²) >= 11 is 1.47. The van der Waals surface area contributed by atoms with Gasteiger partial charge in [-0.15, -0.1) is 0 Å². The summed E-state index contributed by atoms with van der Waals surface area (Å²) in [5.41, 5.74) is 3.04. The number of amides is 1. The van der Waals surface area contributed by atoms with E-state index in [9.17, 15) is 13.2 Å². The molecule has 0 aliphatic rings. The molecular weight excluding hydrogens is 444 g/mol. The van der Waals surface area contributed by atoms with Gasteiger partial charge in [-0.25, -0.2) is 13.4 Å². The first-order valence-electron chi connectivity index (χ1n) is 10.3. The number of thiazole rings is 1. The number of carbonyl (C=O) groups excluding carboxylic acids is 1. The molecular formula is C24H24N2O4S2. The quantitative estimate of drug-likeness (QED) is 0.351. The summed E-state index contributed by atoms with van der Waals surface area (Å²) in [6.45, 7) is 4.27. The second-order valence-corrected chi connectivity index (χ2v) is 10.8. The summed E-state index contributed by atoms with van der Waals surface area (Å²) in [6, 6.07) is 16.0. The second-order valence-electron chi connectivity index (χ2n) is 7.67. The van der Waals surface area contributed by atoms with Crippen LogP contribution in [0.4, 0.5) is 5.13 Å².